The van der Waals surface area contributed by atoms with E-state index in [4.69, 9.17) is 0 Å². The van der Waals surface area contributed by atoms with Gasteiger partial charge in [-0.2, -0.15) is 0 Å². The molecule has 2 aliphatic heterocycles. The molecule has 0 radical (unpaired) electrons. The minimum atomic E-state index is -0.0148. The van der Waals surface area contributed by atoms with Crippen molar-refractivity contribution in [2.45, 2.75) is 20.3 Å². The van der Waals surface area contributed by atoms with Crippen LogP contribution in [0.15, 0.2) is 48.5 Å². The van der Waals surface area contributed by atoms with Gasteiger partial charge in [0.15, 0.2) is 0 Å². The van der Waals surface area contributed by atoms with Crippen molar-refractivity contribution in [2.75, 3.05) is 76.1 Å². The third kappa shape index (κ3) is 6.96. The number of carbonyl (C=O) groups is 2. The molecule has 0 saturated carbocycles. The Hall–Kier alpha value is -3.10. The lowest BCUT2D eigenvalue weighted by Crippen LogP contribution is -3.14. The molecule has 2 aromatic rings. The third-order valence-electron chi connectivity index (χ3n) is 7.33. The molecule has 2 fully saturated rings. The summed E-state index contributed by atoms with van der Waals surface area (Å²) in [6.07, 6.45) is 0.798. The van der Waals surface area contributed by atoms with Gasteiger partial charge in [-0.05, 0) is 55.7 Å². The number of hydrogen-bond donors (Lipinski definition) is 4. The van der Waals surface area contributed by atoms with Crippen molar-refractivity contribution in [3.63, 3.8) is 0 Å². The van der Waals surface area contributed by atoms with Gasteiger partial charge >= 0.3 is 12.1 Å². The Morgan fingerprint density at radius 3 is 1.31 bits per heavy atom. The zero-order valence-electron chi connectivity index (χ0n) is 21.1. The lowest BCUT2D eigenvalue weighted by Gasteiger charge is -2.31. The average Bonchev–Trinajstić information content (AvgIpc) is 2.91. The van der Waals surface area contributed by atoms with Crippen molar-refractivity contribution in [2.24, 2.45) is 0 Å². The number of quaternary nitrogens is 2. The lowest BCUT2D eigenvalue weighted by molar-refractivity contribution is -0.902. The van der Waals surface area contributed by atoms with Gasteiger partial charge in [-0.15, -0.1) is 0 Å². The molecule has 188 valence electrons. The SMILES string of the molecule is CC[NH+]1CCN(C(=O)Nc2ccc(Cc3ccc(NC(=O)N4CC[NH+](CC)CC4)cc3)cc2)CC1. The number of amides is 4. The van der Waals surface area contributed by atoms with Crippen molar-refractivity contribution < 1.29 is 19.4 Å². The summed E-state index contributed by atoms with van der Waals surface area (Å²) in [5.41, 5.74) is 4.00. The molecule has 8 nitrogen and oxygen atoms in total. The van der Waals surface area contributed by atoms with Gasteiger partial charge in [0.25, 0.3) is 0 Å². The first-order valence-electron chi connectivity index (χ1n) is 13.0. The molecule has 2 saturated heterocycles. The van der Waals surface area contributed by atoms with Crippen LogP contribution in [-0.2, 0) is 6.42 Å². The number of piperazine rings is 2. The van der Waals surface area contributed by atoms with Crippen LogP contribution in [0.1, 0.15) is 25.0 Å². The van der Waals surface area contributed by atoms with Gasteiger partial charge in [-0.3, -0.25) is 0 Å². The summed E-state index contributed by atoms with van der Waals surface area (Å²) in [4.78, 5) is 32.0. The number of anilines is 2. The Morgan fingerprint density at radius 2 is 1.00 bits per heavy atom. The van der Waals surface area contributed by atoms with Gasteiger partial charge in [0, 0.05) is 11.4 Å². The van der Waals surface area contributed by atoms with Gasteiger partial charge in [-0.1, -0.05) is 24.3 Å². The van der Waals surface area contributed by atoms with Gasteiger partial charge in [0.2, 0.25) is 0 Å². The molecule has 4 amide bonds. The van der Waals surface area contributed by atoms with E-state index in [0.717, 1.165) is 83.2 Å². The van der Waals surface area contributed by atoms with Crippen LogP contribution in [0.5, 0.6) is 0 Å². The molecule has 4 rings (SSSR count). The first kappa shape index (κ1) is 25.0. The summed E-state index contributed by atoms with van der Waals surface area (Å²) in [6, 6.07) is 16.1. The molecule has 0 spiro atoms. The molecule has 0 unspecified atom stereocenters. The molecule has 8 heteroatoms. The minimum absolute atomic E-state index is 0.0148. The largest absolute Gasteiger partial charge is 0.332 e. The molecule has 0 atom stereocenters. The van der Waals surface area contributed by atoms with Crippen LogP contribution < -0.4 is 20.4 Å². The fraction of sp³-hybridized carbons (Fsp3) is 0.481. The number of nitrogens with zero attached hydrogens (tertiary/aromatic N) is 2. The molecule has 2 heterocycles. The van der Waals surface area contributed by atoms with E-state index in [2.05, 4.69) is 48.7 Å². The van der Waals surface area contributed by atoms with E-state index in [-0.39, 0.29) is 12.1 Å². The molecule has 0 aliphatic carbocycles. The third-order valence-corrected chi connectivity index (χ3v) is 7.33. The first-order valence-corrected chi connectivity index (χ1v) is 13.0. The number of nitrogens with one attached hydrogen (secondary N) is 4. The second-order valence-corrected chi connectivity index (χ2v) is 9.61. The second-order valence-electron chi connectivity index (χ2n) is 9.61. The van der Waals surface area contributed by atoms with E-state index in [1.807, 2.05) is 34.1 Å². The maximum atomic E-state index is 12.5. The predicted octanol–water partition coefficient (Wildman–Crippen LogP) is 0.782. The molecule has 0 bridgehead atoms. The Bertz CT molecular complexity index is 883. The number of urea groups is 2. The van der Waals surface area contributed by atoms with Crippen LogP contribution in [0.4, 0.5) is 21.0 Å². The van der Waals surface area contributed by atoms with E-state index >= 15 is 0 Å². The van der Waals surface area contributed by atoms with Crippen LogP contribution in [0.2, 0.25) is 0 Å². The van der Waals surface area contributed by atoms with Crippen LogP contribution in [0, 0.1) is 0 Å². The highest BCUT2D eigenvalue weighted by Gasteiger charge is 2.23. The Morgan fingerprint density at radius 1 is 0.657 bits per heavy atom. The summed E-state index contributed by atoms with van der Waals surface area (Å²) in [5.74, 6) is 0. The Kier molecular flexibility index (Phi) is 8.60. The van der Waals surface area contributed by atoms with Gasteiger partial charge < -0.3 is 30.2 Å². The maximum absolute atomic E-state index is 12.5. The Labute approximate surface area is 208 Å². The fourth-order valence-electron chi connectivity index (χ4n) is 4.81. The Balaban J connectivity index is 1.23. The first-order chi connectivity index (χ1) is 17.0. The summed E-state index contributed by atoms with van der Waals surface area (Å²) in [5, 5.41) is 6.05. The highest BCUT2D eigenvalue weighted by molar-refractivity contribution is 5.90. The predicted molar refractivity (Wildman–Crippen MR) is 139 cm³/mol. The van der Waals surface area contributed by atoms with E-state index in [9.17, 15) is 9.59 Å². The van der Waals surface area contributed by atoms with Gasteiger partial charge in [0.1, 0.15) is 0 Å². The van der Waals surface area contributed by atoms with E-state index in [0.29, 0.717) is 0 Å². The van der Waals surface area contributed by atoms with E-state index < -0.39 is 0 Å². The molecule has 4 N–H and O–H groups in total. The molecule has 0 aromatic heterocycles. The van der Waals surface area contributed by atoms with Crippen LogP contribution >= 0.6 is 0 Å². The van der Waals surface area contributed by atoms with Crippen LogP contribution in [0.3, 0.4) is 0 Å². The highest BCUT2D eigenvalue weighted by atomic mass is 16.2. The van der Waals surface area contributed by atoms with Crippen molar-refractivity contribution in [3.8, 4) is 0 Å². The zero-order valence-corrected chi connectivity index (χ0v) is 21.1. The summed E-state index contributed by atoms with van der Waals surface area (Å²) in [6.45, 7) is 13.9. The number of rotatable bonds is 6. The topological polar surface area (TPSA) is 73.6 Å². The molecule has 2 aliphatic rings. The van der Waals surface area contributed by atoms with E-state index in [1.54, 1.807) is 9.80 Å². The lowest BCUT2D eigenvalue weighted by atomic mass is 10.0. The molecule has 35 heavy (non-hydrogen) atoms. The minimum Gasteiger partial charge on any atom is -0.332 e. The fourth-order valence-corrected chi connectivity index (χ4v) is 4.81. The zero-order chi connectivity index (χ0) is 24.6. The summed E-state index contributed by atoms with van der Waals surface area (Å²) in [7, 11) is 0. The summed E-state index contributed by atoms with van der Waals surface area (Å²) < 4.78 is 0. The molecular formula is C27H40N6O2+2. The maximum Gasteiger partial charge on any atom is 0.322 e. The van der Waals surface area contributed by atoms with Crippen molar-refractivity contribution >= 4 is 23.4 Å². The highest BCUT2D eigenvalue weighted by Crippen LogP contribution is 2.17. The van der Waals surface area contributed by atoms with Crippen molar-refractivity contribution in [3.05, 3.63) is 59.7 Å². The van der Waals surface area contributed by atoms with Crippen LogP contribution in [0.25, 0.3) is 0 Å². The summed E-state index contributed by atoms with van der Waals surface area (Å²) >= 11 is 0. The number of hydrogen-bond acceptors (Lipinski definition) is 2. The second kappa shape index (κ2) is 12.0. The average molecular weight is 481 g/mol. The van der Waals surface area contributed by atoms with Crippen LogP contribution in [-0.4, -0.2) is 87.3 Å². The van der Waals surface area contributed by atoms with Crippen molar-refractivity contribution in [1.29, 1.82) is 0 Å². The molecular weight excluding hydrogens is 440 g/mol. The van der Waals surface area contributed by atoms with E-state index in [1.165, 1.54) is 11.1 Å². The normalized spacial score (nSPS) is 17.3. The smallest absolute Gasteiger partial charge is 0.322 e. The van der Waals surface area contributed by atoms with Crippen molar-refractivity contribution in [1.82, 2.24) is 9.80 Å². The van der Waals surface area contributed by atoms with Gasteiger partial charge in [0.05, 0.1) is 65.4 Å². The monoisotopic (exact) mass is 480 g/mol. The molecule has 2 aromatic carbocycles. The number of benzene rings is 2. The number of likely N-dealkylation sites (N-methyl/N-ethyl adjacent to an activating group) is 2. The standard InChI is InChI=1S/C27H38N6O2/c1-3-30-13-17-32(18-14-30)26(34)28-24-9-5-22(6-10-24)21-23-7-11-25(12-8-23)29-27(35)33-19-15-31(4-2)16-20-33/h5-12H,3-4,13-21H2,1-2H3,(H,28,34)(H,29,35)/p+2. The quantitative estimate of drug-likeness (QED) is 0.494. The number of carbonyl (C=O) groups excluding carboxylic acids is 2. The van der Waals surface area contributed by atoms with Gasteiger partial charge in [-0.25, -0.2) is 9.59 Å².